The van der Waals surface area contributed by atoms with Crippen LogP contribution in [-0.4, -0.2) is 47.8 Å². The lowest BCUT2D eigenvalue weighted by molar-refractivity contribution is -0.143. The second-order valence-corrected chi connectivity index (χ2v) is 5.53. The van der Waals surface area contributed by atoms with Gasteiger partial charge < -0.3 is 9.84 Å². The summed E-state index contributed by atoms with van der Waals surface area (Å²) in [4.78, 5) is 13.7. The number of likely N-dealkylation sites (N-methyl/N-ethyl adjacent to an activating group) is 1. The molecule has 18 heavy (non-hydrogen) atoms. The van der Waals surface area contributed by atoms with Gasteiger partial charge in [0.15, 0.2) is 0 Å². The van der Waals surface area contributed by atoms with E-state index >= 15 is 0 Å². The van der Waals surface area contributed by atoms with E-state index in [1.54, 1.807) is 0 Å². The molecule has 1 N–H and O–H groups in total. The summed E-state index contributed by atoms with van der Waals surface area (Å²) in [5.74, 6) is -1.04. The van der Waals surface area contributed by atoms with Crippen LogP contribution < -0.4 is 0 Å². The molecule has 1 saturated heterocycles. The van der Waals surface area contributed by atoms with E-state index in [4.69, 9.17) is 4.74 Å². The third kappa shape index (κ3) is 3.04. The monoisotopic (exact) mass is 255 g/mol. The number of hydrogen-bond acceptors (Lipinski definition) is 3. The van der Waals surface area contributed by atoms with Crippen molar-refractivity contribution in [2.45, 2.75) is 57.5 Å². The van der Waals surface area contributed by atoms with Crippen LogP contribution in [-0.2, 0) is 9.53 Å². The fourth-order valence-electron chi connectivity index (χ4n) is 3.46. The second-order valence-electron chi connectivity index (χ2n) is 5.53. The van der Waals surface area contributed by atoms with Crippen molar-refractivity contribution in [2.75, 3.05) is 19.8 Å². The van der Waals surface area contributed by atoms with Crippen molar-refractivity contribution < 1.29 is 14.6 Å². The average molecular weight is 255 g/mol. The Morgan fingerprint density at radius 1 is 1.22 bits per heavy atom. The molecule has 2 unspecified atom stereocenters. The van der Waals surface area contributed by atoms with E-state index in [0.29, 0.717) is 19.3 Å². The lowest BCUT2D eigenvalue weighted by atomic mass is 9.97. The van der Waals surface area contributed by atoms with Gasteiger partial charge in [-0.2, -0.15) is 0 Å². The van der Waals surface area contributed by atoms with Gasteiger partial charge in [-0.3, -0.25) is 9.69 Å². The third-order valence-corrected chi connectivity index (χ3v) is 4.45. The first-order valence-corrected chi connectivity index (χ1v) is 7.30. The summed E-state index contributed by atoms with van der Waals surface area (Å²) in [6.45, 7) is 4.04. The minimum atomic E-state index is -0.704. The summed E-state index contributed by atoms with van der Waals surface area (Å²) in [5.41, 5.74) is 0. The van der Waals surface area contributed by atoms with Crippen LogP contribution in [0.1, 0.15) is 45.4 Å². The Morgan fingerprint density at radius 2 is 1.89 bits per heavy atom. The molecule has 104 valence electrons. The zero-order valence-electron chi connectivity index (χ0n) is 11.3. The normalized spacial score (nSPS) is 30.6. The summed E-state index contributed by atoms with van der Waals surface area (Å²) < 4.78 is 5.41. The lowest BCUT2D eigenvalue weighted by Gasteiger charge is -2.36. The van der Waals surface area contributed by atoms with E-state index in [0.717, 1.165) is 6.54 Å². The molecule has 1 heterocycles. The first-order valence-electron chi connectivity index (χ1n) is 7.30. The highest BCUT2D eigenvalue weighted by molar-refractivity contribution is 5.71. The minimum Gasteiger partial charge on any atom is -0.481 e. The van der Waals surface area contributed by atoms with Gasteiger partial charge >= 0.3 is 5.97 Å². The van der Waals surface area contributed by atoms with E-state index in [-0.39, 0.29) is 12.0 Å². The zero-order chi connectivity index (χ0) is 13.0. The van der Waals surface area contributed by atoms with E-state index < -0.39 is 5.97 Å². The minimum absolute atomic E-state index is 0.0793. The molecule has 0 spiro atoms. The Hall–Kier alpha value is -0.610. The Bertz CT molecular complexity index is 274. The molecule has 4 heteroatoms. The number of hydrogen-bond donors (Lipinski definition) is 1. The van der Waals surface area contributed by atoms with Gasteiger partial charge in [0.05, 0.1) is 19.1 Å². The van der Waals surface area contributed by atoms with Crippen molar-refractivity contribution >= 4 is 5.97 Å². The molecule has 0 amide bonds. The van der Waals surface area contributed by atoms with Crippen molar-refractivity contribution in [1.82, 2.24) is 4.90 Å². The van der Waals surface area contributed by atoms with Crippen LogP contribution in [0.3, 0.4) is 0 Å². The zero-order valence-corrected chi connectivity index (χ0v) is 11.3. The maximum absolute atomic E-state index is 11.3. The van der Waals surface area contributed by atoms with Gasteiger partial charge in [0, 0.05) is 12.1 Å². The summed E-state index contributed by atoms with van der Waals surface area (Å²) in [6, 6.07) is 0.640. The predicted molar refractivity (Wildman–Crippen MR) is 69.6 cm³/mol. The Morgan fingerprint density at radius 3 is 2.44 bits per heavy atom. The summed E-state index contributed by atoms with van der Waals surface area (Å²) >= 11 is 0. The molecule has 0 bridgehead atoms. The number of carboxylic acid groups (broad SMARTS) is 1. The quantitative estimate of drug-likeness (QED) is 0.782. The fourth-order valence-corrected chi connectivity index (χ4v) is 3.46. The van der Waals surface area contributed by atoms with Crippen molar-refractivity contribution in [1.29, 1.82) is 0 Å². The first-order chi connectivity index (χ1) is 8.74. The molecular formula is C14H25NO3. The van der Waals surface area contributed by atoms with Crippen LogP contribution in [0.25, 0.3) is 0 Å². The summed E-state index contributed by atoms with van der Waals surface area (Å²) in [7, 11) is 0. The molecule has 0 aromatic rings. The number of rotatable bonds is 4. The molecule has 4 nitrogen and oxygen atoms in total. The SMILES string of the molecule is CCN(C1CCCCCC1)C1COCC1C(=O)O. The van der Waals surface area contributed by atoms with Crippen molar-refractivity contribution in [2.24, 2.45) is 5.92 Å². The number of carboxylic acids is 1. The van der Waals surface area contributed by atoms with Gasteiger partial charge in [0.25, 0.3) is 0 Å². The van der Waals surface area contributed by atoms with Gasteiger partial charge in [0.2, 0.25) is 0 Å². The Labute approximate surface area is 109 Å². The van der Waals surface area contributed by atoms with Gasteiger partial charge in [-0.1, -0.05) is 32.6 Å². The van der Waals surface area contributed by atoms with Gasteiger partial charge in [-0.25, -0.2) is 0 Å². The Balaban J connectivity index is 2.04. The van der Waals surface area contributed by atoms with Crippen LogP contribution in [0.2, 0.25) is 0 Å². The fraction of sp³-hybridized carbons (Fsp3) is 0.929. The molecule has 1 aliphatic heterocycles. The molecule has 1 saturated carbocycles. The highest BCUT2D eigenvalue weighted by Gasteiger charge is 2.39. The number of aliphatic carboxylic acids is 1. The first kappa shape index (κ1) is 13.8. The third-order valence-electron chi connectivity index (χ3n) is 4.45. The van der Waals surface area contributed by atoms with Gasteiger partial charge in [0.1, 0.15) is 0 Å². The predicted octanol–water partition coefficient (Wildman–Crippen LogP) is 2.13. The molecule has 1 aliphatic carbocycles. The van der Waals surface area contributed by atoms with E-state index in [1.165, 1.54) is 38.5 Å². The summed E-state index contributed by atoms with van der Waals surface area (Å²) in [6.07, 6.45) is 7.67. The topological polar surface area (TPSA) is 49.8 Å². The molecule has 0 aromatic heterocycles. The molecule has 0 radical (unpaired) electrons. The Kier molecular flexibility index (Phi) is 5.01. The smallest absolute Gasteiger partial charge is 0.310 e. The highest BCUT2D eigenvalue weighted by Crippen LogP contribution is 2.28. The highest BCUT2D eigenvalue weighted by atomic mass is 16.5. The van der Waals surface area contributed by atoms with Crippen LogP contribution in [0, 0.1) is 5.92 Å². The van der Waals surface area contributed by atoms with E-state index in [9.17, 15) is 9.90 Å². The van der Waals surface area contributed by atoms with Crippen molar-refractivity contribution in [3.63, 3.8) is 0 Å². The average Bonchev–Trinajstić information content (AvgIpc) is 2.67. The molecular weight excluding hydrogens is 230 g/mol. The van der Waals surface area contributed by atoms with Crippen LogP contribution in [0.5, 0.6) is 0 Å². The van der Waals surface area contributed by atoms with Crippen molar-refractivity contribution in [3.05, 3.63) is 0 Å². The molecule has 0 aromatic carbocycles. The standard InChI is InChI=1S/C14H25NO3/c1-2-15(11-7-5-3-4-6-8-11)13-10-18-9-12(13)14(16)17/h11-13H,2-10H2,1H3,(H,16,17). The summed E-state index contributed by atoms with van der Waals surface area (Å²) in [5, 5.41) is 9.28. The maximum atomic E-state index is 11.3. The van der Waals surface area contributed by atoms with Gasteiger partial charge in [-0.15, -0.1) is 0 Å². The van der Waals surface area contributed by atoms with Crippen molar-refractivity contribution in [3.8, 4) is 0 Å². The lowest BCUT2D eigenvalue weighted by Crippen LogP contribution is -2.48. The second kappa shape index (κ2) is 6.53. The largest absolute Gasteiger partial charge is 0.481 e. The van der Waals surface area contributed by atoms with E-state index in [1.807, 2.05) is 0 Å². The number of nitrogens with zero attached hydrogens (tertiary/aromatic N) is 1. The number of ether oxygens (including phenoxy) is 1. The van der Waals surface area contributed by atoms with Crippen LogP contribution in [0.15, 0.2) is 0 Å². The maximum Gasteiger partial charge on any atom is 0.310 e. The number of carbonyl (C=O) groups is 1. The molecule has 2 atom stereocenters. The molecule has 2 aliphatic rings. The van der Waals surface area contributed by atoms with Gasteiger partial charge in [-0.05, 0) is 19.4 Å². The van der Waals surface area contributed by atoms with Crippen LogP contribution >= 0.6 is 0 Å². The van der Waals surface area contributed by atoms with Crippen LogP contribution in [0.4, 0.5) is 0 Å². The molecule has 2 fully saturated rings. The van der Waals surface area contributed by atoms with E-state index in [2.05, 4.69) is 11.8 Å². The molecule has 2 rings (SSSR count).